The molecule has 1 aromatic rings. The van der Waals surface area contributed by atoms with Crippen LogP contribution >= 0.6 is 0 Å². The van der Waals surface area contributed by atoms with E-state index in [-0.39, 0.29) is 11.8 Å². The summed E-state index contributed by atoms with van der Waals surface area (Å²) in [4.78, 5) is 0. The second kappa shape index (κ2) is 5.58. The molecule has 1 saturated carbocycles. The molecule has 0 atom stereocenters. The molecule has 2 N–H and O–H groups in total. The highest BCUT2D eigenvalue weighted by molar-refractivity contribution is 5.30. The molecule has 0 aromatic heterocycles. The van der Waals surface area contributed by atoms with Gasteiger partial charge in [0.1, 0.15) is 0 Å². The smallest absolute Gasteiger partial charge is 0.249 e. The maximum absolute atomic E-state index is 13.0. The van der Waals surface area contributed by atoms with Crippen LogP contribution in [-0.4, -0.2) is 12.5 Å². The summed E-state index contributed by atoms with van der Waals surface area (Å²) in [6.07, 6.45) is 5.75. The van der Waals surface area contributed by atoms with Gasteiger partial charge >= 0.3 is 0 Å². The van der Waals surface area contributed by atoms with E-state index in [1.807, 2.05) is 24.3 Å². The van der Waals surface area contributed by atoms with Gasteiger partial charge in [-0.2, -0.15) is 0 Å². The summed E-state index contributed by atoms with van der Waals surface area (Å²) >= 11 is 0. The molecule has 1 aliphatic carbocycles. The van der Waals surface area contributed by atoms with E-state index in [9.17, 15) is 8.78 Å². The zero-order chi connectivity index (χ0) is 13.9. The van der Waals surface area contributed by atoms with Crippen molar-refractivity contribution < 1.29 is 8.78 Å². The van der Waals surface area contributed by atoms with Crippen LogP contribution in [0.2, 0.25) is 0 Å². The number of rotatable bonds is 4. The number of alkyl halides is 2. The molecule has 0 spiro atoms. The first kappa shape index (κ1) is 14.4. The Balaban J connectivity index is 2.16. The molecule has 0 aliphatic heterocycles. The van der Waals surface area contributed by atoms with Crippen LogP contribution < -0.4 is 5.73 Å². The molecule has 1 nitrogen and oxygen atoms in total. The number of benzene rings is 1. The van der Waals surface area contributed by atoms with Gasteiger partial charge in [0.15, 0.2) is 0 Å². The van der Waals surface area contributed by atoms with Crippen LogP contribution in [0, 0.1) is 0 Å². The summed E-state index contributed by atoms with van der Waals surface area (Å²) in [5, 5.41) is 0. The van der Waals surface area contributed by atoms with Crippen molar-refractivity contribution >= 4 is 0 Å². The first-order valence-electron chi connectivity index (χ1n) is 7.13. The van der Waals surface area contributed by atoms with E-state index in [0.29, 0.717) is 12.1 Å². The molecule has 0 amide bonds. The fraction of sp³-hybridized carbons (Fsp3) is 0.625. The van der Waals surface area contributed by atoms with Crippen molar-refractivity contribution in [3.8, 4) is 0 Å². The first-order valence-corrected chi connectivity index (χ1v) is 7.13. The van der Waals surface area contributed by atoms with Crippen molar-refractivity contribution in [1.29, 1.82) is 0 Å². The summed E-state index contributed by atoms with van der Waals surface area (Å²) in [6, 6.07) is 7.66. The molecular weight excluding hydrogens is 244 g/mol. The Kier molecular flexibility index (Phi) is 4.24. The fourth-order valence-corrected chi connectivity index (χ4v) is 3.17. The number of nitrogens with two attached hydrogens (primary N) is 1. The third-order valence-corrected chi connectivity index (χ3v) is 4.28. The minimum atomic E-state index is -2.64. The summed E-state index contributed by atoms with van der Waals surface area (Å²) in [5.41, 5.74) is 7.98. The molecule has 0 bridgehead atoms. The minimum Gasteiger partial charge on any atom is -0.330 e. The third-order valence-electron chi connectivity index (χ3n) is 4.28. The lowest BCUT2D eigenvalue weighted by Gasteiger charge is -2.37. The first-order chi connectivity index (χ1) is 8.95. The Morgan fingerprint density at radius 3 is 2.16 bits per heavy atom. The molecule has 2 rings (SSSR count). The van der Waals surface area contributed by atoms with Gasteiger partial charge in [-0.05, 0) is 30.9 Å². The van der Waals surface area contributed by atoms with E-state index in [2.05, 4.69) is 0 Å². The molecule has 19 heavy (non-hydrogen) atoms. The lowest BCUT2D eigenvalue weighted by molar-refractivity contribution is 0.0226. The largest absolute Gasteiger partial charge is 0.330 e. The Bertz CT molecular complexity index is 400. The van der Waals surface area contributed by atoms with Crippen molar-refractivity contribution in [1.82, 2.24) is 0 Å². The quantitative estimate of drug-likeness (QED) is 0.875. The molecule has 0 saturated heterocycles. The molecule has 0 heterocycles. The van der Waals surface area contributed by atoms with Crippen LogP contribution in [0.25, 0.3) is 0 Å². The molecular formula is C16H23F2N. The molecule has 1 fully saturated rings. The number of halogens is 2. The Morgan fingerprint density at radius 1 is 1.11 bits per heavy atom. The lowest BCUT2D eigenvalue weighted by atomic mass is 9.69. The predicted octanol–water partition coefficient (Wildman–Crippen LogP) is 4.04. The van der Waals surface area contributed by atoms with Crippen LogP contribution in [0.1, 0.15) is 50.2 Å². The topological polar surface area (TPSA) is 26.0 Å². The van der Waals surface area contributed by atoms with Gasteiger partial charge in [0.2, 0.25) is 5.92 Å². The molecule has 3 heteroatoms. The number of hydrogen-bond donors (Lipinski definition) is 1. The van der Waals surface area contributed by atoms with Crippen molar-refractivity contribution in [3.05, 3.63) is 35.4 Å². The maximum atomic E-state index is 13.0. The van der Waals surface area contributed by atoms with Gasteiger partial charge in [0, 0.05) is 18.4 Å². The second-order valence-electron chi connectivity index (χ2n) is 5.99. The SMILES string of the molecule is CC(F)(F)Cc1ccc(C2(CN)CCCCC2)cc1. The minimum absolute atomic E-state index is 0.0749. The van der Waals surface area contributed by atoms with E-state index in [1.165, 1.54) is 24.8 Å². The van der Waals surface area contributed by atoms with Crippen LogP contribution in [0.4, 0.5) is 8.78 Å². The van der Waals surface area contributed by atoms with Gasteiger partial charge in [0.25, 0.3) is 0 Å². The van der Waals surface area contributed by atoms with Gasteiger partial charge in [-0.25, -0.2) is 8.78 Å². The lowest BCUT2D eigenvalue weighted by Crippen LogP contribution is -2.37. The van der Waals surface area contributed by atoms with Crippen LogP contribution in [-0.2, 0) is 11.8 Å². The van der Waals surface area contributed by atoms with Gasteiger partial charge in [-0.15, -0.1) is 0 Å². The highest BCUT2D eigenvalue weighted by atomic mass is 19.3. The standard InChI is InChI=1S/C16H23F2N/c1-15(17,18)11-13-5-7-14(8-6-13)16(12-19)9-3-2-4-10-16/h5-8H,2-4,9-12,19H2,1H3. The van der Waals surface area contributed by atoms with Gasteiger partial charge in [0.05, 0.1) is 0 Å². The van der Waals surface area contributed by atoms with Gasteiger partial charge in [-0.1, -0.05) is 43.5 Å². The summed E-state index contributed by atoms with van der Waals surface area (Å²) in [6.45, 7) is 1.61. The van der Waals surface area contributed by atoms with Crippen molar-refractivity contribution in [3.63, 3.8) is 0 Å². The zero-order valence-corrected chi connectivity index (χ0v) is 11.6. The van der Waals surface area contributed by atoms with E-state index < -0.39 is 5.92 Å². The summed E-state index contributed by atoms with van der Waals surface area (Å²) in [5.74, 6) is -2.64. The molecule has 0 radical (unpaired) electrons. The van der Waals surface area contributed by atoms with E-state index in [4.69, 9.17) is 5.73 Å². The third kappa shape index (κ3) is 3.53. The average Bonchev–Trinajstić information content (AvgIpc) is 2.38. The molecule has 1 aromatic carbocycles. The van der Waals surface area contributed by atoms with E-state index in [0.717, 1.165) is 19.8 Å². The Morgan fingerprint density at radius 2 is 1.68 bits per heavy atom. The normalized spacial score (nSPS) is 19.4. The molecule has 0 unspecified atom stereocenters. The van der Waals surface area contributed by atoms with Crippen LogP contribution in [0.15, 0.2) is 24.3 Å². The number of hydrogen-bond acceptors (Lipinski definition) is 1. The van der Waals surface area contributed by atoms with Crippen molar-refractivity contribution in [2.75, 3.05) is 6.54 Å². The summed E-state index contributed by atoms with van der Waals surface area (Å²) < 4.78 is 26.0. The second-order valence-corrected chi connectivity index (χ2v) is 5.99. The maximum Gasteiger partial charge on any atom is 0.249 e. The highest BCUT2D eigenvalue weighted by Gasteiger charge is 2.32. The summed E-state index contributed by atoms with van der Waals surface area (Å²) in [7, 11) is 0. The zero-order valence-electron chi connectivity index (χ0n) is 11.6. The molecule has 106 valence electrons. The van der Waals surface area contributed by atoms with E-state index >= 15 is 0 Å². The van der Waals surface area contributed by atoms with Crippen LogP contribution in [0.5, 0.6) is 0 Å². The van der Waals surface area contributed by atoms with Crippen molar-refractivity contribution in [2.24, 2.45) is 5.73 Å². The van der Waals surface area contributed by atoms with Crippen molar-refractivity contribution in [2.45, 2.75) is 56.8 Å². The highest BCUT2D eigenvalue weighted by Crippen LogP contribution is 2.38. The Hall–Kier alpha value is -0.960. The van der Waals surface area contributed by atoms with Gasteiger partial charge in [-0.3, -0.25) is 0 Å². The molecule has 1 aliphatic rings. The Labute approximate surface area is 114 Å². The predicted molar refractivity (Wildman–Crippen MR) is 74.6 cm³/mol. The van der Waals surface area contributed by atoms with Gasteiger partial charge < -0.3 is 5.73 Å². The van der Waals surface area contributed by atoms with E-state index in [1.54, 1.807) is 0 Å². The average molecular weight is 267 g/mol. The van der Waals surface area contributed by atoms with Crippen LogP contribution in [0.3, 0.4) is 0 Å². The fourth-order valence-electron chi connectivity index (χ4n) is 3.17. The monoisotopic (exact) mass is 267 g/mol.